The lowest BCUT2D eigenvalue weighted by atomic mass is 10.1. The number of alkyl halides is 2. The number of hydrogen-bond donors (Lipinski definition) is 2. The first-order valence-electron chi connectivity index (χ1n) is 8.04. The lowest BCUT2D eigenvalue weighted by molar-refractivity contribution is 0.234. The molecule has 0 saturated carbocycles. The lowest BCUT2D eigenvalue weighted by Gasteiger charge is -2.07. The van der Waals surface area contributed by atoms with Crippen LogP contribution in [0.2, 0.25) is 0 Å². The number of thiophene rings is 1. The molecular weight excluding hydrogens is 394 g/mol. The van der Waals surface area contributed by atoms with Gasteiger partial charge in [-0.05, 0) is 37.1 Å². The molecule has 2 aromatic heterocycles. The molecule has 0 amide bonds. The number of fused-ring (bicyclic) bond motifs is 1. The van der Waals surface area contributed by atoms with Crippen LogP contribution in [-0.2, 0) is 22.9 Å². The zero-order valence-electron chi connectivity index (χ0n) is 14.7. The third-order valence-electron chi connectivity index (χ3n) is 4.31. The standard InChI is InChI=1S/C17H18F2N4O2S2/c1-9-10(2)22-23-16-14(9)15(20)13(26-16)8-21-7-11-3-5-12(6-4-11)27(24,25)17(18)19/h3-6,17,21H,7-8,20H2,1-2H3. The number of nitrogens with one attached hydrogen (secondary N) is 1. The first-order chi connectivity index (χ1) is 12.7. The van der Waals surface area contributed by atoms with E-state index in [1.54, 1.807) is 0 Å². The Bertz CT molecular complexity index is 1080. The second kappa shape index (κ2) is 7.45. The third kappa shape index (κ3) is 3.78. The molecule has 10 heteroatoms. The van der Waals surface area contributed by atoms with Gasteiger partial charge >= 0.3 is 5.76 Å². The highest BCUT2D eigenvalue weighted by Crippen LogP contribution is 2.34. The minimum atomic E-state index is -4.57. The van der Waals surface area contributed by atoms with E-state index in [0.29, 0.717) is 18.8 Å². The zero-order chi connectivity index (χ0) is 19.8. The van der Waals surface area contributed by atoms with Crippen molar-refractivity contribution in [3.05, 3.63) is 46.0 Å². The van der Waals surface area contributed by atoms with E-state index in [-0.39, 0.29) is 4.90 Å². The number of rotatable bonds is 6. The normalized spacial score (nSPS) is 12.2. The molecular formula is C17H18F2N4O2S2. The van der Waals surface area contributed by atoms with Gasteiger partial charge in [0.25, 0.3) is 0 Å². The van der Waals surface area contributed by atoms with Crippen LogP contribution in [-0.4, -0.2) is 24.4 Å². The fourth-order valence-corrected chi connectivity index (χ4v) is 4.43. The fourth-order valence-electron chi connectivity index (χ4n) is 2.64. The van der Waals surface area contributed by atoms with E-state index in [4.69, 9.17) is 5.73 Å². The van der Waals surface area contributed by atoms with Crippen LogP contribution in [0, 0.1) is 13.8 Å². The molecule has 3 N–H and O–H groups in total. The van der Waals surface area contributed by atoms with Gasteiger partial charge in [0.2, 0.25) is 9.84 Å². The van der Waals surface area contributed by atoms with Crippen LogP contribution >= 0.6 is 11.3 Å². The summed E-state index contributed by atoms with van der Waals surface area (Å²) in [6, 6.07) is 5.40. The van der Waals surface area contributed by atoms with Crippen molar-refractivity contribution < 1.29 is 17.2 Å². The van der Waals surface area contributed by atoms with Crippen molar-refractivity contribution in [2.45, 2.75) is 37.6 Å². The molecule has 6 nitrogen and oxygen atoms in total. The van der Waals surface area contributed by atoms with E-state index < -0.39 is 15.6 Å². The highest BCUT2D eigenvalue weighted by molar-refractivity contribution is 7.91. The highest BCUT2D eigenvalue weighted by Gasteiger charge is 2.26. The summed E-state index contributed by atoms with van der Waals surface area (Å²) < 4.78 is 47.9. The molecule has 0 aliphatic heterocycles. The maximum Gasteiger partial charge on any atom is 0.341 e. The van der Waals surface area contributed by atoms with Crippen molar-refractivity contribution in [1.29, 1.82) is 0 Å². The average molecular weight is 412 g/mol. The molecule has 2 heterocycles. The number of halogens is 2. The van der Waals surface area contributed by atoms with Crippen LogP contribution in [0.25, 0.3) is 10.2 Å². The van der Waals surface area contributed by atoms with E-state index in [2.05, 4.69) is 15.5 Å². The van der Waals surface area contributed by atoms with E-state index >= 15 is 0 Å². The SMILES string of the molecule is Cc1nnc2sc(CNCc3ccc(S(=O)(=O)C(F)F)cc3)c(N)c2c1C. The number of hydrogen-bond acceptors (Lipinski definition) is 7. The molecule has 0 saturated heterocycles. The molecule has 0 bridgehead atoms. The van der Waals surface area contributed by atoms with Crippen LogP contribution in [0.4, 0.5) is 14.5 Å². The Morgan fingerprint density at radius 2 is 1.81 bits per heavy atom. The molecule has 3 rings (SSSR count). The second-order valence-corrected chi connectivity index (χ2v) is 9.08. The lowest BCUT2D eigenvalue weighted by Crippen LogP contribution is -2.14. The van der Waals surface area contributed by atoms with Gasteiger partial charge in [-0.1, -0.05) is 12.1 Å². The first kappa shape index (κ1) is 19.6. The van der Waals surface area contributed by atoms with Gasteiger partial charge in [0, 0.05) is 23.4 Å². The maximum absolute atomic E-state index is 12.5. The highest BCUT2D eigenvalue weighted by atomic mass is 32.2. The van der Waals surface area contributed by atoms with Crippen molar-refractivity contribution in [2.75, 3.05) is 5.73 Å². The molecule has 0 aliphatic carbocycles. The van der Waals surface area contributed by atoms with Gasteiger partial charge in [-0.2, -0.15) is 13.9 Å². The molecule has 1 aromatic carbocycles. The number of benzene rings is 1. The van der Waals surface area contributed by atoms with E-state index in [9.17, 15) is 17.2 Å². The minimum absolute atomic E-state index is 0.389. The number of anilines is 1. The Labute approximate surface area is 159 Å². The molecule has 0 atom stereocenters. The number of nitrogen functional groups attached to an aromatic ring is 1. The average Bonchev–Trinajstić information content (AvgIpc) is 2.95. The summed E-state index contributed by atoms with van der Waals surface area (Å²) in [4.78, 5) is 1.33. The minimum Gasteiger partial charge on any atom is -0.397 e. The van der Waals surface area contributed by atoms with Gasteiger partial charge in [0.15, 0.2) is 0 Å². The summed E-state index contributed by atoms with van der Waals surface area (Å²) in [5.74, 6) is -3.42. The van der Waals surface area contributed by atoms with E-state index in [1.165, 1.54) is 35.6 Å². The molecule has 0 unspecified atom stereocenters. The fraction of sp³-hybridized carbons (Fsp3) is 0.294. The summed E-state index contributed by atoms with van der Waals surface area (Å²) in [5, 5.41) is 12.4. The molecule has 144 valence electrons. The Morgan fingerprint density at radius 1 is 1.15 bits per heavy atom. The Balaban J connectivity index is 1.69. The van der Waals surface area contributed by atoms with Crippen LogP contribution in [0.3, 0.4) is 0 Å². The summed E-state index contributed by atoms with van der Waals surface area (Å²) in [6.07, 6.45) is 0. The van der Waals surface area contributed by atoms with Crippen molar-refractivity contribution in [1.82, 2.24) is 15.5 Å². The summed E-state index contributed by atoms with van der Waals surface area (Å²) >= 11 is 1.47. The Hall–Kier alpha value is -2.17. The molecule has 0 radical (unpaired) electrons. The van der Waals surface area contributed by atoms with Crippen molar-refractivity contribution >= 4 is 37.1 Å². The summed E-state index contributed by atoms with van der Waals surface area (Å²) in [7, 11) is -4.57. The van der Waals surface area contributed by atoms with Gasteiger partial charge in [0.05, 0.1) is 16.3 Å². The predicted octanol–water partition coefficient (Wildman–Crippen LogP) is 3.18. The smallest absolute Gasteiger partial charge is 0.341 e. The number of sulfone groups is 1. The second-order valence-electron chi connectivity index (χ2n) is 6.08. The number of aryl methyl sites for hydroxylation is 2. The molecule has 0 aliphatic rings. The monoisotopic (exact) mass is 412 g/mol. The first-order valence-corrected chi connectivity index (χ1v) is 10.4. The summed E-state index contributed by atoms with van der Waals surface area (Å²) in [6.45, 7) is 4.78. The van der Waals surface area contributed by atoms with Crippen LogP contribution in [0.5, 0.6) is 0 Å². The van der Waals surface area contributed by atoms with Crippen molar-refractivity contribution in [3.8, 4) is 0 Å². The van der Waals surface area contributed by atoms with Crippen molar-refractivity contribution in [3.63, 3.8) is 0 Å². The van der Waals surface area contributed by atoms with Gasteiger partial charge in [-0.3, -0.25) is 0 Å². The van der Waals surface area contributed by atoms with E-state index in [0.717, 1.165) is 31.9 Å². The quantitative estimate of drug-likeness (QED) is 0.645. The van der Waals surface area contributed by atoms with Gasteiger partial charge in [-0.15, -0.1) is 16.4 Å². The van der Waals surface area contributed by atoms with Crippen molar-refractivity contribution in [2.24, 2.45) is 0 Å². The zero-order valence-corrected chi connectivity index (χ0v) is 16.3. The van der Waals surface area contributed by atoms with Crippen LogP contribution in [0.15, 0.2) is 29.2 Å². The number of nitrogens with two attached hydrogens (primary N) is 1. The van der Waals surface area contributed by atoms with Crippen LogP contribution in [0.1, 0.15) is 21.7 Å². The third-order valence-corrected chi connectivity index (χ3v) is 6.80. The van der Waals surface area contributed by atoms with Gasteiger partial charge < -0.3 is 11.1 Å². The Morgan fingerprint density at radius 3 is 2.44 bits per heavy atom. The topological polar surface area (TPSA) is 98.0 Å². The maximum atomic E-state index is 12.5. The molecule has 3 aromatic rings. The predicted molar refractivity (Wildman–Crippen MR) is 101 cm³/mol. The van der Waals surface area contributed by atoms with Gasteiger partial charge in [-0.25, -0.2) is 8.42 Å². The largest absolute Gasteiger partial charge is 0.397 e. The molecule has 0 spiro atoms. The Kier molecular flexibility index (Phi) is 5.41. The molecule has 27 heavy (non-hydrogen) atoms. The van der Waals surface area contributed by atoms with Crippen LogP contribution < -0.4 is 11.1 Å². The summed E-state index contributed by atoms with van der Waals surface area (Å²) in [5.41, 5.74) is 9.55. The van der Waals surface area contributed by atoms with E-state index in [1.807, 2.05) is 13.8 Å². The number of nitrogens with zero attached hydrogens (tertiary/aromatic N) is 2. The number of aromatic nitrogens is 2. The molecule has 0 fully saturated rings. The van der Waals surface area contributed by atoms with Gasteiger partial charge in [0.1, 0.15) is 4.83 Å².